The van der Waals surface area contributed by atoms with Crippen LogP contribution in [-0.2, 0) is 4.79 Å². The standard InChI is InChI=1S/C12H17N3O2/c1-2-3-4-7-15-9-5-6-13-11(9)12(17)14-8-10(15)16/h5-6,13H,2-4,7-8H2,1H3,(H,14,17). The third-order valence-corrected chi connectivity index (χ3v) is 2.93. The molecule has 0 aromatic carbocycles. The van der Waals surface area contributed by atoms with Gasteiger partial charge in [0, 0.05) is 12.7 Å². The Morgan fingerprint density at radius 2 is 2.18 bits per heavy atom. The van der Waals surface area contributed by atoms with E-state index in [2.05, 4.69) is 17.2 Å². The van der Waals surface area contributed by atoms with E-state index >= 15 is 0 Å². The Bertz CT molecular complexity index is 425. The fraction of sp³-hybridized carbons (Fsp3) is 0.500. The lowest BCUT2D eigenvalue weighted by Crippen LogP contribution is -2.37. The maximum atomic E-state index is 11.9. The Balaban J connectivity index is 2.20. The highest BCUT2D eigenvalue weighted by Gasteiger charge is 2.26. The number of aromatic amines is 1. The summed E-state index contributed by atoms with van der Waals surface area (Å²) in [5.41, 5.74) is 1.17. The monoisotopic (exact) mass is 235 g/mol. The van der Waals surface area contributed by atoms with Crippen molar-refractivity contribution in [2.24, 2.45) is 0 Å². The summed E-state index contributed by atoms with van der Waals surface area (Å²) in [5.74, 6) is -0.260. The molecule has 1 aromatic rings. The van der Waals surface area contributed by atoms with Gasteiger partial charge < -0.3 is 15.2 Å². The summed E-state index contributed by atoms with van der Waals surface area (Å²) in [6.07, 6.45) is 4.85. The zero-order valence-corrected chi connectivity index (χ0v) is 9.95. The first-order chi connectivity index (χ1) is 8.24. The molecule has 0 aliphatic carbocycles. The second-order valence-corrected chi connectivity index (χ2v) is 4.17. The number of nitrogens with zero attached hydrogens (tertiary/aromatic N) is 1. The summed E-state index contributed by atoms with van der Waals surface area (Å²) >= 11 is 0. The van der Waals surface area contributed by atoms with Crippen LogP contribution in [0.2, 0.25) is 0 Å². The number of fused-ring (bicyclic) bond motifs is 1. The highest BCUT2D eigenvalue weighted by atomic mass is 16.2. The van der Waals surface area contributed by atoms with E-state index in [0.29, 0.717) is 17.9 Å². The molecule has 1 aliphatic rings. The zero-order chi connectivity index (χ0) is 12.3. The molecular formula is C12H17N3O2. The number of anilines is 1. The van der Waals surface area contributed by atoms with Crippen LogP contribution in [0.25, 0.3) is 0 Å². The van der Waals surface area contributed by atoms with Crippen LogP contribution < -0.4 is 10.2 Å². The molecule has 2 N–H and O–H groups in total. The van der Waals surface area contributed by atoms with Gasteiger partial charge in [-0.15, -0.1) is 0 Å². The van der Waals surface area contributed by atoms with E-state index in [1.54, 1.807) is 17.2 Å². The number of unbranched alkanes of at least 4 members (excludes halogenated alkanes) is 2. The van der Waals surface area contributed by atoms with Crippen LogP contribution in [-0.4, -0.2) is 29.9 Å². The largest absolute Gasteiger partial charge is 0.355 e. The zero-order valence-electron chi connectivity index (χ0n) is 9.95. The van der Waals surface area contributed by atoms with Gasteiger partial charge in [0.2, 0.25) is 5.91 Å². The van der Waals surface area contributed by atoms with Crippen molar-refractivity contribution < 1.29 is 9.59 Å². The van der Waals surface area contributed by atoms with Gasteiger partial charge in [0.25, 0.3) is 5.91 Å². The molecule has 2 heterocycles. The number of hydrogen-bond donors (Lipinski definition) is 2. The summed E-state index contributed by atoms with van der Waals surface area (Å²) in [7, 11) is 0. The van der Waals surface area contributed by atoms with E-state index in [9.17, 15) is 9.59 Å². The van der Waals surface area contributed by atoms with Gasteiger partial charge in [0.05, 0.1) is 12.2 Å². The minimum absolute atomic E-state index is 0.0483. The van der Waals surface area contributed by atoms with Gasteiger partial charge >= 0.3 is 0 Å². The van der Waals surface area contributed by atoms with Crippen molar-refractivity contribution in [3.05, 3.63) is 18.0 Å². The van der Waals surface area contributed by atoms with Crippen molar-refractivity contribution in [3.63, 3.8) is 0 Å². The molecule has 0 radical (unpaired) electrons. The van der Waals surface area contributed by atoms with Gasteiger partial charge in [-0.25, -0.2) is 0 Å². The maximum Gasteiger partial charge on any atom is 0.270 e. The van der Waals surface area contributed by atoms with Crippen LogP contribution in [0.3, 0.4) is 0 Å². The van der Waals surface area contributed by atoms with Crippen LogP contribution in [0.4, 0.5) is 5.69 Å². The van der Waals surface area contributed by atoms with Crippen molar-refractivity contribution in [1.29, 1.82) is 0 Å². The van der Waals surface area contributed by atoms with Crippen LogP contribution in [0, 0.1) is 0 Å². The summed E-state index contributed by atoms with van der Waals surface area (Å²) in [6.45, 7) is 2.87. The molecular weight excluding hydrogens is 218 g/mol. The number of aromatic nitrogens is 1. The van der Waals surface area contributed by atoms with E-state index in [0.717, 1.165) is 19.3 Å². The average molecular weight is 235 g/mol. The van der Waals surface area contributed by atoms with Gasteiger partial charge in [0.15, 0.2) is 0 Å². The minimum atomic E-state index is -0.212. The molecule has 0 fully saturated rings. The maximum absolute atomic E-state index is 11.9. The van der Waals surface area contributed by atoms with Crippen LogP contribution in [0.5, 0.6) is 0 Å². The first-order valence-electron chi connectivity index (χ1n) is 6.00. The normalized spacial score (nSPS) is 15.5. The van der Waals surface area contributed by atoms with E-state index in [4.69, 9.17) is 0 Å². The fourth-order valence-electron chi connectivity index (χ4n) is 2.01. The molecule has 5 nitrogen and oxygen atoms in total. The van der Waals surface area contributed by atoms with Crippen molar-refractivity contribution in [3.8, 4) is 0 Å². The van der Waals surface area contributed by atoms with Crippen LogP contribution in [0.1, 0.15) is 36.7 Å². The van der Waals surface area contributed by atoms with E-state index in [1.165, 1.54) is 0 Å². The Morgan fingerprint density at radius 1 is 1.35 bits per heavy atom. The number of H-pyrrole nitrogens is 1. The van der Waals surface area contributed by atoms with E-state index in [1.807, 2.05) is 0 Å². The predicted molar refractivity (Wildman–Crippen MR) is 65.0 cm³/mol. The molecule has 1 aromatic heterocycles. The molecule has 0 spiro atoms. The third-order valence-electron chi connectivity index (χ3n) is 2.93. The molecule has 0 bridgehead atoms. The smallest absolute Gasteiger partial charge is 0.270 e. The second kappa shape index (κ2) is 5.03. The molecule has 0 saturated heterocycles. The lowest BCUT2D eigenvalue weighted by molar-refractivity contribution is -0.117. The van der Waals surface area contributed by atoms with Crippen LogP contribution >= 0.6 is 0 Å². The second-order valence-electron chi connectivity index (χ2n) is 4.17. The topological polar surface area (TPSA) is 65.2 Å². The Hall–Kier alpha value is -1.78. The Kier molecular flexibility index (Phi) is 3.46. The van der Waals surface area contributed by atoms with Gasteiger partial charge in [-0.1, -0.05) is 19.8 Å². The summed E-state index contributed by atoms with van der Waals surface area (Å²) in [6, 6.07) is 1.78. The molecule has 2 rings (SSSR count). The molecule has 1 aliphatic heterocycles. The first-order valence-corrected chi connectivity index (χ1v) is 6.00. The SMILES string of the molecule is CCCCCN1C(=O)CNC(=O)c2[nH]ccc21. The molecule has 0 saturated carbocycles. The fourth-order valence-corrected chi connectivity index (χ4v) is 2.01. The van der Waals surface area contributed by atoms with Crippen molar-refractivity contribution in [2.75, 3.05) is 18.0 Å². The third kappa shape index (κ3) is 2.33. The molecule has 0 unspecified atom stereocenters. The Morgan fingerprint density at radius 3 is 2.94 bits per heavy atom. The lowest BCUT2D eigenvalue weighted by atomic mass is 10.2. The number of amides is 2. The molecule has 2 amide bonds. The molecule has 92 valence electrons. The number of hydrogen-bond acceptors (Lipinski definition) is 2. The number of nitrogens with one attached hydrogen (secondary N) is 2. The van der Waals surface area contributed by atoms with E-state index in [-0.39, 0.29) is 18.4 Å². The lowest BCUT2D eigenvalue weighted by Gasteiger charge is -2.19. The highest BCUT2D eigenvalue weighted by molar-refractivity contribution is 6.08. The Labute approximate surface area is 100 Å². The number of rotatable bonds is 4. The molecule has 17 heavy (non-hydrogen) atoms. The summed E-state index contributed by atoms with van der Waals surface area (Å²) < 4.78 is 0. The van der Waals surface area contributed by atoms with Gasteiger partial charge in [-0.05, 0) is 12.5 Å². The highest BCUT2D eigenvalue weighted by Crippen LogP contribution is 2.22. The van der Waals surface area contributed by atoms with Crippen molar-refractivity contribution >= 4 is 17.5 Å². The summed E-state index contributed by atoms with van der Waals surface area (Å²) in [4.78, 5) is 28.2. The minimum Gasteiger partial charge on any atom is -0.355 e. The molecule has 0 atom stereocenters. The van der Waals surface area contributed by atoms with Gasteiger partial charge in [0.1, 0.15) is 5.69 Å². The average Bonchev–Trinajstić information content (AvgIpc) is 2.76. The number of carbonyl (C=O) groups is 2. The van der Waals surface area contributed by atoms with Crippen molar-refractivity contribution in [1.82, 2.24) is 10.3 Å². The van der Waals surface area contributed by atoms with E-state index < -0.39 is 0 Å². The van der Waals surface area contributed by atoms with Crippen molar-refractivity contribution in [2.45, 2.75) is 26.2 Å². The predicted octanol–water partition coefficient (Wildman–Crippen LogP) is 1.28. The van der Waals surface area contributed by atoms with Gasteiger partial charge in [-0.3, -0.25) is 9.59 Å². The molecule has 5 heteroatoms. The van der Waals surface area contributed by atoms with Crippen LogP contribution in [0.15, 0.2) is 12.3 Å². The summed E-state index contributed by atoms with van der Waals surface area (Å²) in [5, 5.41) is 2.60. The quantitative estimate of drug-likeness (QED) is 0.772. The first kappa shape index (κ1) is 11.7. The number of carbonyl (C=O) groups excluding carboxylic acids is 2. The van der Waals surface area contributed by atoms with Gasteiger partial charge in [-0.2, -0.15) is 0 Å².